The first-order chi connectivity index (χ1) is 9.89. The number of hydrogen-bond acceptors (Lipinski definition) is 3. The van der Waals surface area contributed by atoms with Gasteiger partial charge in [-0.3, -0.25) is 4.79 Å². The van der Waals surface area contributed by atoms with Crippen LogP contribution >= 0.6 is 35.6 Å². The Kier molecular flexibility index (Phi) is 5.11. The fraction of sp³-hybridized carbons (Fsp3) is 0.429. The van der Waals surface area contributed by atoms with Crippen LogP contribution in [0.3, 0.4) is 0 Å². The SMILES string of the molecule is CSC1(C(N)=S)CCN(C(=O)c2ccc(Cl)c(F)c2)CC1. The highest BCUT2D eigenvalue weighted by atomic mass is 35.5. The second-order valence-corrected chi connectivity index (χ2v) is 7.02. The molecule has 2 N–H and O–H groups in total. The number of piperidine rings is 1. The lowest BCUT2D eigenvalue weighted by Crippen LogP contribution is -2.50. The van der Waals surface area contributed by atoms with Crippen LogP contribution in [0.25, 0.3) is 0 Å². The molecule has 7 heteroatoms. The summed E-state index contributed by atoms with van der Waals surface area (Å²) in [5.74, 6) is -0.774. The summed E-state index contributed by atoms with van der Waals surface area (Å²) in [4.78, 5) is 14.6. The van der Waals surface area contributed by atoms with Gasteiger partial charge >= 0.3 is 0 Å². The predicted octanol–water partition coefficient (Wildman–Crippen LogP) is 3.10. The van der Waals surface area contributed by atoms with Gasteiger partial charge in [0.05, 0.1) is 14.8 Å². The Balaban J connectivity index is 2.09. The minimum Gasteiger partial charge on any atom is -0.392 e. The van der Waals surface area contributed by atoms with E-state index in [1.807, 2.05) is 6.26 Å². The number of likely N-dealkylation sites (tertiary alicyclic amines) is 1. The Morgan fingerprint density at radius 1 is 1.48 bits per heavy atom. The maximum atomic E-state index is 13.5. The molecule has 0 spiro atoms. The van der Waals surface area contributed by atoms with Crippen LogP contribution in [0.5, 0.6) is 0 Å². The molecule has 0 saturated carbocycles. The second-order valence-electron chi connectivity index (χ2n) is 4.98. The first-order valence-corrected chi connectivity index (χ1v) is 8.50. The lowest BCUT2D eigenvalue weighted by molar-refractivity contribution is 0.0718. The van der Waals surface area contributed by atoms with Gasteiger partial charge in [0, 0.05) is 18.7 Å². The quantitative estimate of drug-likeness (QED) is 0.854. The second kappa shape index (κ2) is 6.50. The van der Waals surface area contributed by atoms with Crippen molar-refractivity contribution in [1.82, 2.24) is 4.90 Å². The molecule has 114 valence electrons. The molecule has 1 heterocycles. The van der Waals surface area contributed by atoms with E-state index in [4.69, 9.17) is 29.6 Å². The van der Waals surface area contributed by atoms with Crippen molar-refractivity contribution in [2.75, 3.05) is 19.3 Å². The molecule has 21 heavy (non-hydrogen) atoms. The predicted molar refractivity (Wildman–Crippen MR) is 89.6 cm³/mol. The van der Waals surface area contributed by atoms with Crippen LogP contribution < -0.4 is 5.73 Å². The van der Waals surface area contributed by atoms with Gasteiger partial charge < -0.3 is 10.6 Å². The molecule has 1 aliphatic heterocycles. The normalized spacial score (nSPS) is 17.6. The number of rotatable bonds is 3. The van der Waals surface area contributed by atoms with Crippen molar-refractivity contribution in [2.24, 2.45) is 5.73 Å². The van der Waals surface area contributed by atoms with Crippen LogP contribution in [0.15, 0.2) is 18.2 Å². The van der Waals surface area contributed by atoms with Crippen LogP contribution in [0.1, 0.15) is 23.2 Å². The minimum atomic E-state index is -0.582. The molecule has 1 aromatic carbocycles. The number of amides is 1. The van der Waals surface area contributed by atoms with Crippen LogP contribution in [0.2, 0.25) is 5.02 Å². The zero-order valence-electron chi connectivity index (χ0n) is 11.6. The first kappa shape index (κ1) is 16.5. The van der Waals surface area contributed by atoms with E-state index < -0.39 is 5.82 Å². The van der Waals surface area contributed by atoms with Gasteiger partial charge in [0.25, 0.3) is 5.91 Å². The number of carbonyl (C=O) groups is 1. The number of thioether (sulfide) groups is 1. The summed E-state index contributed by atoms with van der Waals surface area (Å²) in [7, 11) is 0. The highest BCUT2D eigenvalue weighted by Crippen LogP contribution is 2.35. The van der Waals surface area contributed by atoms with Crippen molar-refractivity contribution < 1.29 is 9.18 Å². The molecule has 1 aliphatic rings. The van der Waals surface area contributed by atoms with Gasteiger partial charge in [-0.2, -0.15) is 11.8 Å². The third-order valence-corrected chi connectivity index (χ3v) is 6.10. The molecule has 0 unspecified atom stereocenters. The van der Waals surface area contributed by atoms with Gasteiger partial charge in [-0.1, -0.05) is 23.8 Å². The Labute approximate surface area is 138 Å². The van der Waals surface area contributed by atoms with E-state index in [1.165, 1.54) is 18.2 Å². The number of nitrogens with zero attached hydrogens (tertiary/aromatic N) is 1. The summed E-state index contributed by atoms with van der Waals surface area (Å²) >= 11 is 12.4. The fourth-order valence-electron chi connectivity index (χ4n) is 2.43. The summed E-state index contributed by atoms with van der Waals surface area (Å²) in [6, 6.07) is 4.11. The molecule has 1 saturated heterocycles. The Bertz CT molecular complexity index is 574. The van der Waals surface area contributed by atoms with Gasteiger partial charge in [0.2, 0.25) is 0 Å². The van der Waals surface area contributed by atoms with E-state index in [0.29, 0.717) is 36.5 Å². The van der Waals surface area contributed by atoms with Gasteiger partial charge in [0.1, 0.15) is 5.82 Å². The molecule has 0 radical (unpaired) electrons. The summed E-state index contributed by atoms with van der Waals surface area (Å²) in [6.45, 7) is 1.11. The van der Waals surface area contributed by atoms with E-state index in [9.17, 15) is 9.18 Å². The Hall–Kier alpha value is -0.850. The van der Waals surface area contributed by atoms with Crippen molar-refractivity contribution in [3.63, 3.8) is 0 Å². The molecule has 3 nitrogen and oxygen atoms in total. The number of hydrogen-bond donors (Lipinski definition) is 1. The third-order valence-electron chi connectivity index (χ3n) is 3.86. The fourth-order valence-corrected chi connectivity index (χ4v) is 3.80. The van der Waals surface area contributed by atoms with Crippen LogP contribution in [-0.4, -0.2) is 39.9 Å². The van der Waals surface area contributed by atoms with E-state index in [-0.39, 0.29) is 15.7 Å². The van der Waals surface area contributed by atoms with E-state index in [2.05, 4.69) is 0 Å². The zero-order valence-corrected chi connectivity index (χ0v) is 14.0. The van der Waals surface area contributed by atoms with E-state index in [0.717, 1.165) is 0 Å². The number of thiocarbonyl (C=S) groups is 1. The minimum absolute atomic E-state index is 0.0140. The number of carbonyl (C=O) groups excluding carboxylic acids is 1. The van der Waals surface area contributed by atoms with Crippen LogP contribution in [-0.2, 0) is 0 Å². The molecule has 0 bridgehead atoms. The zero-order chi connectivity index (χ0) is 15.6. The van der Waals surface area contributed by atoms with Crippen molar-refractivity contribution in [2.45, 2.75) is 17.6 Å². The number of nitrogens with two attached hydrogens (primary N) is 1. The average Bonchev–Trinajstić information content (AvgIpc) is 2.49. The summed E-state index contributed by atoms with van der Waals surface area (Å²) in [6.07, 6.45) is 3.40. The molecule has 0 aliphatic carbocycles. The molecule has 2 rings (SSSR count). The highest BCUT2D eigenvalue weighted by Gasteiger charge is 2.38. The van der Waals surface area contributed by atoms with Gasteiger partial charge in [0.15, 0.2) is 0 Å². The Morgan fingerprint density at radius 3 is 2.57 bits per heavy atom. The maximum absolute atomic E-state index is 13.5. The smallest absolute Gasteiger partial charge is 0.253 e. The van der Waals surface area contributed by atoms with Gasteiger partial charge in [-0.05, 0) is 37.3 Å². The summed E-state index contributed by atoms with van der Waals surface area (Å²) < 4.78 is 13.2. The third kappa shape index (κ3) is 3.33. The molecular formula is C14H16ClFN2OS2. The van der Waals surface area contributed by atoms with Crippen molar-refractivity contribution >= 4 is 46.5 Å². The molecule has 1 amide bonds. The monoisotopic (exact) mass is 346 g/mol. The van der Waals surface area contributed by atoms with E-state index >= 15 is 0 Å². The number of benzene rings is 1. The van der Waals surface area contributed by atoms with Gasteiger partial charge in [-0.15, -0.1) is 0 Å². The average molecular weight is 347 g/mol. The summed E-state index contributed by atoms with van der Waals surface area (Å²) in [5.41, 5.74) is 6.13. The van der Waals surface area contributed by atoms with Crippen molar-refractivity contribution in [3.8, 4) is 0 Å². The molecule has 1 fully saturated rings. The topological polar surface area (TPSA) is 46.3 Å². The number of halogens is 2. The van der Waals surface area contributed by atoms with E-state index in [1.54, 1.807) is 16.7 Å². The highest BCUT2D eigenvalue weighted by molar-refractivity contribution is 8.02. The van der Waals surface area contributed by atoms with Crippen molar-refractivity contribution in [1.29, 1.82) is 0 Å². The lowest BCUT2D eigenvalue weighted by atomic mass is 9.95. The van der Waals surface area contributed by atoms with Crippen LogP contribution in [0.4, 0.5) is 4.39 Å². The maximum Gasteiger partial charge on any atom is 0.253 e. The van der Waals surface area contributed by atoms with Gasteiger partial charge in [-0.25, -0.2) is 4.39 Å². The molecular weight excluding hydrogens is 331 g/mol. The van der Waals surface area contributed by atoms with Crippen LogP contribution in [0, 0.1) is 5.82 Å². The largest absolute Gasteiger partial charge is 0.392 e. The first-order valence-electron chi connectivity index (χ1n) is 6.49. The Morgan fingerprint density at radius 2 is 2.10 bits per heavy atom. The van der Waals surface area contributed by atoms with Crippen molar-refractivity contribution in [3.05, 3.63) is 34.6 Å². The summed E-state index contributed by atoms with van der Waals surface area (Å²) in [5, 5.41) is 0.0140. The lowest BCUT2D eigenvalue weighted by Gasteiger charge is -2.40. The molecule has 0 atom stereocenters. The standard InChI is InChI=1S/C14H16ClFN2OS2/c1-21-14(13(17)20)4-6-18(7-5-14)12(19)9-2-3-10(15)11(16)8-9/h2-3,8H,4-7H2,1H3,(H2,17,20). The molecule has 1 aromatic rings. The molecule has 0 aromatic heterocycles.